The molecule has 0 aromatic carbocycles. The van der Waals surface area contributed by atoms with Gasteiger partial charge in [0.1, 0.15) is 0 Å². The Balaban J connectivity index is 2.30. The minimum absolute atomic E-state index is 0.0100. The molecule has 0 aliphatic carbocycles. The number of aliphatic hydroxyl groups is 1. The molecular weight excluding hydrogens is 282 g/mol. The largest absolute Gasteiger partial charge is 0.394 e. The zero-order valence-corrected chi connectivity index (χ0v) is 12.5. The van der Waals surface area contributed by atoms with Gasteiger partial charge in [-0.25, -0.2) is 0 Å². The molecule has 20 heavy (non-hydrogen) atoms. The molecule has 1 aromatic rings. The molecule has 0 amide bonds. The number of hydrogen-bond acceptors (Lipinski definition) is 7. The molecule has 0 spiro atoms. The second kappa shape index (κ2) is 7.01. The summed E-state index contributed by atoms with van der Waals surface area (Å²) in [7, 11) is 0. The third kappa shape index (κ3) is 3.28. The molecule has 2 heterocycles. The average Bonchev–Trinajstić information content (AvgIpc) is 2.48. The van der Waals surface area contributed by atoms with E-state index in [0.29, 0.717) is 31.7 Å². The highest BCUT2D eigenvalue weighted by molar-refractivity contribution is 6.28. The summed E-state index contributed by atoms with van der Waals surface area (Å²) in [4.78, 5) is 16.8. The molecule has 0 bridgehead atoms. The number of nitrogens with zero attached hydrogens (tertiary/aromatic N) is 5. The first-order chi connectivity index (χ1) is 9.69. The number of anilines is 2. The third-order valence-electron chi connectivity index (χ3n) is 3.33. The molecule has 2 rings (SSSR count). The van der Waals surface area contributed by atoms with Gasteiger partial charge in [0, 0.05) is 19.6 Å². The van der Waals surface area contributed by atoms with E-state index in [-0.39, 0.29) is 17.9 Å². The quantitative estimate of drug-likeness (QED) is 0.852. The van der Waals surface area contributed by atoms with E-state index in [2.05, 4.69) is 15.0 Å². The molecule has 1 atom stereocenters. The van der Waals surface area contributed by atoms with E-state index < -0.39 is 0 Å². The Bertz CT molecular complexity index is 444. The predicted molar refractivity (Wildman–Crippen MR) is 77.4 cm³/mol. The Morgan fingerprint density at radius 1 is 1.35 bits per heavy atom. The van der Waals surface area contributed by atoms with E-state index in [4.69, 9.17) is 16.3 Å². The van der Waals surface area contributed by atoms with Gasteiger partial charge < -0.3 is 19.6 Å². The lowest BCUT2D eigenvalue weighted by atomic mass is 10.2. The van der Waals surface area contributed by atoms with E-state index in [1.165, 1.54) is 0 Å². The van der Waals surface area contributed by atoms with Crippen LogP contribution in [0.2, 0.25) is 5.28 Å². The summed E-state index contributed by atoms with van der Waals surface area (Å²) in [6.07, 6.45) is 0. The van der Waals surface area contributed by atoms with Crippen molar-refractivity contribution in [1.29, 1.82) is 0 Å². The smallest absolute Gasteiger partial charge is 0.231 e. The van der Waals surface area contributed by atoms with Crippen LogP contribution in [0.1, 0.15) is 13.8 Å². The Hall–Kier alpha value is -1.18. The first kappa shape index (κ1) is 15.2. The molecule has 1 aromatic heterocycles. The monoisotopic (exact) mass is 301 g/mol. The number of hydrogen-bond donors (Lipinski definition) is 1. The van der Waals surface area contributed by atoms with Crippen molar-refractivity contribution in [2.45, 2.75) is 19.9 Å². The molecule has 1 fully saturated rings. The van der Waals surface area contributed by atoms with E-state index in [1.54, 1.807) is 0 Å². The molecule has 1 saturated heterocycles. The van der Waals surface area contributed by atoms with Gasteiger partial charge in [-0.2, -0.15) is 15.0 Å². The van der Waals surface area contributed by atoms with Crippen LogP contribution < -0.4 is 9.80 Å². The number of aliphatic hydroxyl groups excluding tert-OH is 1. The summed E-state index contributed by atoms with van der Waals surface area (Å²) in [5.74, 6) is 1.06. The van der Waals surface area contributed by atoms with E-state index in [0.717, 1.165) is 13.1 Å². The zero-order valence-electron chi connectivity index (χ0n) is 11.8. The summed E-state index contributed by atoms with van der Waals surface area (Å²) in [6, 6.07) is -0.147. The molecule has 0 saturated carbocycles. The van der Waals surface area contributed by atoms with Crippen LogP contribution in [-0.2, 0) is 4.74 Å². The first-order valence-electron chi connectivity index (χ1n) is 6.81. The molecule has 8 heteroatoms. The highest BCUT2D eigenvalue weighted by Gasteiger charge is 2.26. The van der Waals surface area contributed by atoms with Crippen molar-refractivity contribution in [3.05, 3.63) is 5.28 Å². The fraction of sp³-hybridized carbons (Fsp3) is 0.750. The van der Waals surface area contributed by atoms with Crippen LogP contribution in [0.3, 0.4) is 0 Å². The Morgan fingerprint density at radius 2 is 2.10 bits per heavy atom. The lowest BCUT2D eigenvalue weighted by Gasteiger charge is -2.34. The van der Waals surface area contributed by atoms with Gasteiger partial charge in [0.05, 0.1) is 25.9 Å². The molecule has 1 aliphatic rings. The topological polar surface area (TPSA) is 74.6 Å². The second-order valence-corrected chi connectivity index (χ2v) is 4.82. The second-order valence-electron chi connectivity index (χ2n) is 4.48. The van der Waals surface area contributed by atoms with Crippen LogP contribution in [0.25, 0.3) is 0 Å². The molecule has 112 valence electrons. The first-order valence-corrected chi connectivity index (χ1v) is 7.19. The maximum atomic E-state index is 9.43. The van der Waals surface area contributed by atoms with E-state index in [9.17, 15) is 5.11 Å². The van der Waals surface area contributed by atoms with Crippen molar-refractivity contribution in [3.8, 4) is 0 Å². The van der Waals surface area contributed by atoms with Gasteiger partial charge in [-0.1, -0.05) is 0 Å². The van der Waals surface area contributed by atoms with Crippen molar-refractivity contribution < 1.29 is 9.84 Å². The number of halogens is 1. The van der Waals surface area contributed by atoms with Gasteiger partial charge in [-0.15, -0.1) is 0 Å². The van der Waals surface area contributed by atoms with Gasteiger partial charge >= 0.3 is 0 Å². The lowest BCUT2D eigenvalue weighted by molar-refractivity contribution is 0.0718. The summed E-state index contributed by atoms with van der Waals surface area (Å²) in [6.45, 7) is 7.32. The predicted octanol–water partition coefficient (Wildman–Crippen LogP) is 0.569. The number of rotatable bonds is 5. The Kier molecular flexibility index (Phi) is 5.33. The van der Waals surface area contributed by atoms with Crippen molar-refractivity contribution >= 4 is 23.5 Å². The summed E-state index contributed by atoms with van der Waals surface area (Å²) in [5, 5.41) is 9.59. The average molecular weight is 302 g/mol. The van der Waals surface area contributed by atoms with Crippen LogP contribution in [0.4, 0.5) is 11.9 Å². The minimum atomic E-state index is -0.147. The molecule has 1 aliphatic heterocycles. The maximum absolute atomic E-state index is 9.43. The van der Waals surface area contributed by atoms with Crippen LogP contribution in [0.5, 0.6) is 0 Å². The summed E-state index contributed by atoms with van der Waals surface area (Å²) >= 11 is 6.01. The summed E-state index contributed by atoms with van der Waals surface area (Å²) < 4.78 is 5.36. The lowest BCUT2D eigenvalue weighted by Crippen LogP contribution is -2.48. The van der Waals surface area contributed by atoms with Crippen LogP contribution in [-0.4, -0.2) is 65.6 Å². The molecule has 1 N–H and O–H groups in total. The third-order valence-corrected chi connectivity index (χ3v) is 3.50. The highest BCUT2D eigenvalue weighted by atomic mass is 35.5. The van der Waals surface area contributed by atoms with E-state index in [1.807, 2.05) is 23.6 Å². The van der Waals surface area contributed by atoms with Crippen molar-refractivity contribution in [2.75, 3.05) is 49.3 Å². The normalized spacial score (nSPS) is 19.2. The van der Waals surface area contributed by atoms with Crippen molar-refractivity contribution in [2.24, 2.45) is 0 Å². The van der Waals surface area contributed by atoms with E-state index >= 15 is 0 Å². The molecular formula is C12H20ClN5O2. The Morgan fingerprint density at radius 3 is 2.75 bits per heavy atom. The Labute approximate surface area is 123 Å². The van der Waals surface area contributed by atoms with Gasteiger partial charge in [-0.3, -0.25) is 0 Å². The number of ether oxygens (including phenoxy) is 1. The fourth-order valence-electron chi connectivity index (χ4n) is 2.18. The van der Waals surface area contributed by atoms with Gasteiger partial charge in [0.2, 0.25) is 17.2 Å². The van der Waals surface area contributed by atoms with Gasteiger partial charge in [0.25, 0.3) is 0 Å². The highest BCUT2D eigenvalue weighted by Crippen LogP contribution is 2.20. The van der Waals surface area contributed by atoms with Crippen molar-refractivity contribution in [3.63, 3.8) is 0 Å². The fourth-order valence-corrected chi connectivity index (χ4v) is 2.33. The van der Waals surface area contributed by atoms with Crippen LogP contribution in [0, 0.1) is 0 Å². The molecule has 1 unspecified atom stereocenters. The zero-order chi connectivity index (χ0) is 14.5. The number of morpholine rings is 1. The van der Waals surface area contributed by atoms with Crippen LogP contribution in [0.15, 0.2) is 0 Å². The maximum Gasteiger partial charge on any atom is 0.231 e. The van der Waals surface area contributed by atoms with Crippen LogP contribution >= 0.6 is 11.6 Å². The standard InChI is InChI=1S/C12H20ClN5O2/c1-3-17(4-2)11-14-10(13)15-12(16-11)18-5-6-20-8-9(18)7-19/h9,19H,3-8H2,1-2H3. The number of aromatic nitrogens is 3. The van der Waals surface area contributed by atoms with Gasteiger partial charge in [0.15, 0.2) is 0 Å². The van der Waals surface area contributed by atoms with Gasteiger partial charge in [-0.05, 0) is 25.4 Å². The molecule has 7 nitrogen and oxygen atoms in total. The van der Waals surface area contributed by atoms with Crippen molar-refractivity contribution in [1.82, 2.24) is 15.0 Å². The minimum Gasteiger partial charge on any atom is -0.394 e. The molecule has 0 radical (unpaired) electrons. The SMILES string of the molecule is CCN(CC)c1nc(Cl)nc(N2CCOCC2CO)n1. The summed E-state index contributed by atoms with van der Waals surface area (Å²) in [5.41, 5.74) is 0.